The van der Waals surface area contributed by atoms with Gasteiger partial charge in [0.1, 0.15) is 0 Å². The highest BCUT2D eigenvalue weighted by Crippen LogP contribution is 2.30. The topological polar surface area (TPSA) is 46.9 Å². The molecule has 6 heteroatoms. The highest BCUT2D eigenvalue weighted by atomic mass is 35.5. The van der Waals surface area contributed by atoms with Crippen LogP contribution in [-0.2, 0) is 11.3 Å². The van der Waals surface area contributed by atoms with Gasteiger partial charge in [-0.1, -0.05) is 89.9 Å². The van der Waals surface area contributed by atoms with Crippen molar-refractivity contribution in [3.63, 3.8) is 0 Å². The van der Waals surface area contributed by atoms with Crippen LogP contribution in [-0.4, -0.2) is 15.7 Å². The number of anilines is 1. The first-order valence-corrected chi connectivity index (χ1v) is 11.1. The van der Waals surface area contributed by atoms with Gasteiger partial charge in [0, 0.05) is 15.6 Å². The monoisotopic (exact) mass is 463 g/mol. The fourth-order valence-electron chi connectivity index (χ4n) is 3.85. The molecule has 4 nitrogen and oxygen atoms in total. The molecule has 0 spiro atoms. The molecule has 162 valence electrons. The van der Waals surface area contributed by atoms with Gasteiger partial charge in [0.25, 0.3) is 0 Å². The molecule has 1 aromatic heterocycles. The van der Waals surface area contributed by atoms with E-state index in [0.29, 0.717) is 22.3 Å². The number of amides is 1. The SMILES string of the molecule is Cc1nn(Cc2c(Cl)cccc2Cl)c(C)c1NC(=O)C(c1ccccc1)c1ccccc1. The molecule has 0 saturated carbocycles. The van der Waals surface area contributed by atoms with Gasteiger partial charge in [0.15, 0.2) is 0 Å². The number of carbonyl (C=O) groups excluding carboxylic acids is 1. The average molecular weight is 464 g/mol. The molecule has 4 rings (SSSR count). The smallest absolute Gasteiger partial charge is 0.236 e. The molecule has 1 amide bonds. The van der Waals surface area contributed by atoms with E-state index in [1.165, 1.54) is 0 Å². The molecular weight excluding hydrogens is 441 g/mol. The number of hydrogen-bond acceptors (Lipinski definition) is 2. The van der Waals surface area contributed by atoms with Crippen molar-refractivity contribution in [2.45, 2.75) is 26.3 Å². The Morgan fingerprint density at radius 2 is 1.41 bits per heavy atom. The summed E-state index contributed by atoms with van der Waals surface area (Å²) in [5, 5.41) is 8.93. The molecule has 1 N–H and O–H groups in total. The predicted molar refractivity (Wildman–Crippen MR) is 131 cm³/mol. The zero-order valence-corrected chi connectivity index (χ0v) is 19.4. The van der Waals surface area contributed by atoms with Crippen LogP contribution >= 0.6 is 23.2 Å². The van der Waals surface area contributed by atoms with Crippen LogP contribution < -0.4 is 5.32 Å². The van der Waals surface area contributed by atoms with Crippen LogP contribution in [0.1, 0.15) is 34.0 Å². The van der Waals surface area contributed by atoms with E-state index < -0.39 is 5.92 Å². The Kier molecular flexibility index (Phi) is 6.63. The molecule has 1 heterocycles. The van der Waals surface area contributed by atoms with Gasteiger partial charge in [0.2, 0.25) is 5.91 Å². The molecule has 0 saturated heterocycles. The zero-order valence-electron chi connectivity index (χ0n) is 17.8. The number of aryl methyl sites for hydroxylation is 1. The van der Waals surface area contributed by atoms with Crippen molar-refractivity contribution in [3.8, 4) is 0 Å². The third kappa shape index (κ3) is 4.57. The fourth-order valence-corrected chi connectivity index (χ4v) is 4.36. The lowest BCUT2D eigenvalue weighted by Gasteiger charge is -2.18. The van der Waals surface area contributed by atoms with Gasteiger partial charge in [-0.15, -0.1) is 0 Å². The predicted octanol–water partition coefficient (Wildman–Crippen LogP) is 6.63. The molecule has 3 aromatic carbocycles. The Morgan fingerprint density at radius 3 is 1.94 bits per heavy atom. The quantitative estimate of drug-likeness (QED) is 0.348. The molecule has 0 aliphatic heterocycles. The normalized spacial score (nSPS) is 11.0. The van der Waals surface area contributed by atoms with E-state index in [0.717, 1.165) is 28.1 Å². The molecule has 0 fully saturated rings. The second-order valence-electron chi connectivity index (χ2n) is 7.65. The molecule has 0 unspecified atom stereocenters. The number of aromatic nitrogens is 2. The number of nitrogens with zero attached hydrogens (tertiary/aromatic N) is 2. The molecule has 32 heavy (non-hydrogen) atoms. The number of benzene rings is 3. The summed E-state index contributed by atoms with van der Waals surface area (Å²) < 4.78 is 1.82. The van der Waals surface area contributed by atoms with Crippen LogP contribution in [0.3, 0.4) is 0 Å². The minimum Gasteiger partial charge on any atom is -0.322 e. The van der Waals surface area contributed by atoms with Crippen molar-refractivity contribution < 1.29 is 4.79 Å². The van der Waals surface area contributed by atoms with Crippen molar-refractivity contribution in [2.75, 3.05) is 5.32 Å². The molecule has 0 radical (unpaired) electrons. The molecule has 4 aromatic rings. The van der Waals surface area contributed by atoms with Crippen LogP contribution in [0.5, 0.6) is 0 Å². The van der Waals surface area contributed by atoms with Crippen molar-refractivity contribution in [1.82, 2.24) is 9.78 Å². The van der Waals surface area contributed by atoms with Crippen molar-refractivity contribution in [2.24, 2.45) is 0 Å². The van der Waals surface area contributed by atoms with Gasteiger partial charge in [-0.25, -0.2) is 0 Å². The highest BCUT2D eigenvalue weighted by Gasteiger charge is 2.25. The fraction of sp³-hybridized carbons (Fsp3) is 0.154. The van der Waals surface area contributed by atoms with Crippen LogP contribution in [0.4, 0.5) is 5.69 Å². The lowest BCUT2D eigenvalue weighted by molar-refractivity contribution is -0.116. The van der Waals surface area contributed by atoms with Gasteiger partial charge in [-0.2, -0.15) is 5.10 Å². The van der Waals surface area contributed by atoms with E-state index in [1.807, 2.05) is 97.4 Å². The molecule has 0 aliphatic rings. The maximum Gasteiger partial charge on any atom is 0.236 e. The Hall–Kier alpha value is -3.08. The Balaban J connectivity index is 1.65. The number of halogens is 2. The first kappa shape index (κ1) is 22.1. The third-order valence-corrected chi connectivity index (χ3v) is 6.24. The van der Waals surface area contributed by atoms with Crippen molar-refractivity contribution >= 4 is 34.8 Å². The average Bonchev–Trinajstić information content (AvgIpc) is 3.05. The maximum atomic E-state index is 13.5. The summed E-state index contributed by atoms with van der Waals surface area (Å²) in [6.07, 6.45) is 0. The molecule has 0 aliphatic carbocycles. The Labute approximate surface area is 197 Å². The summed E-state index contributed by atoms with van der Waals surface area (Å²) in [6, 6.07) is 25.0. The van der Waals surface area contributed by atoms with Crippen LogP contribution in [0.15, 0.2) is 78.9 Å². The lowest BCUT2D eigenvalue weighted by Crippen LogP contribution is -2.23. The van der Waals surface area contributed by atoms with E-state index in [9.17, 15) is 4.79 Å². The first-order chi connectivity index (χ1) is 15.5. The van der Waals surface area contributed by atoms with Gasteiger partial charge < -0.3 is 5.32 Å². The largest absolute Gasteiger partial charge is 0.322 e. The summed E-state index contributed by atoms with van der Waals surface area (Å²) in [7, 11) is 0. The van der Waals surface area contributed by atoms with Crippen molar-refractivity contribution in [3.05, 3.63) is 117 Å². The summed E-state index contributed by atoms with van der Waals surface area (Å²) in [4.78, 5) is 13.5. The van der Waals surface area contributed by atoms with Gasteiger partial charge in [-0.05, 0) is 37.1 Å². The van der Waals surface area contributed by atoms with E-state index >= 15 is 0 Å². The summed E-state index contributed by atoms with van der Waals surface area (Å²) in [5.74, 6) is -0.540. The van der Waals surface area contributed by atoms with Gasteiger partial charge >= 0.3 is 0 Å². The summed E-state index contributed by atoms with van der Waals surface area (Å²) >= 11 is 12.7. The van der Waals surface area contributed by atoms with Gasteiger partial charge in [-0.3, -0.25) is 9.48 Å². The summed E-state index contributed by atoms with van der Waals surface area (Å²) in [6.45, 7) is 4.23. The van der Waals surface area contributed by atoms with E-state index in [2.05, 4.69) is 10.4 Å². The maximum absolute atomic E-state index is 13.5. The second-order valence-corrected chi connectivity index (χ2v) is 8.46. The minimum atomic E-state index is -0.433. The van der Waals surface area contributed by atoms with Crippen molar-refractivity contribution in [1.29, 1.82) is 0 Å². The second kappa shape index (κ2) is 9.60. The van der Waals surface area contributed by atoms with Gasteiger partial charge in [0.05, 0.1) is 29.5 Å². The number of hydrogen-bond donors (Lipinski definition) is 1. The van der Waals surface area contributed by atoms with Crippen LogP contribution in [0.2, 0.25) is 10.0 Å². The van der Waals surface area contributed by atoms with E-state index in [4.69, 9.17) is 23.2 Å². The van der Waals surface area contributed by atoms with E-state index in [1.54, 1.807) is 0 Å². The number of carbonyl (C=O) groups is 1. The highest BCUT2D eigenvalue weighted by molar-refractivity contribution is 6.36. The third-order valence-electron chi connectivity index (χ3n) is 5.53. The molecule has 0 atom stereocenters. The Bertz CT molecular complexity index is 1180. The standard InChI is InChI=1S/C26H23Cl2N3O/c1-17-25(18(2)31(30-17)16-21-22(27)14-9-15-23(21)28)29-26(32)24(19-10-5-3-6-11-19)20-12-7-4-8-13-20/h3-15,24H,16H2,1-2H3,(H,29,32). The summed E-state index contributed by atoms with van der Waals surface area (Å²) in [5.41, 5.74) is 4.94. The van der Waals surface area contributed by atoms with Crippen LogP contribution in [0, 0.1) is 13.8 Å². The van der Waals surface area contributed by atoms with E-state index in [-0.39, 0.29) is 5.91 Å². The lowest BCUT2D eigenvalue weighted by atomic mass is 9.90. The first-order valence-electron chi connectivity index (χ1n) is 10.3. The number of nitrogens with one attached hydrogen (secondary N) is 1. The molecular formula is C26H23Cl2N3O. The van der Waals surface area contributed by atoms with Crippen LogP contribution in [0.25, 0.3) is 0 Å². The Morgan fingerprint density at radius 1 is 0.875 bits per heavy atom. The zero-order chi connectivity index (χ0) is 22.7. The minimum absolute atomic E-state index is 0.107. The number of rotatable bonds is 6. The molecule has 0 bridgehead atoms.